The van der Waals surface area contributed by atoms with E-state index >= 15 is 0 Å². The number of aryl methyl sites for hydroxylation is 1. The second-order valence-electron chi connectivity index (χ2n) is 5.83. The lowest BCUT2D eigenvalue weighted by molar-refractivity contribution is 0.832. The van der Waals surface area contributed by atoms with Crippen LogP contribution in [-0.4, -0.2) is 30.9 Å². The van der Waals surface area contributed by atoms with Gasteiger partial charge in [-0.05, 0) is 25.1 Å². The highest BCUT2D eigenvalue weighted by Gasteiger charge is 2.11. The Balaban J connectivity index is 1.61. The molecule has 3 aromatic heterocycles. The van der Waals surface area contributed by atoms with Crippen LogP contribution in [0.1, 0.15) is 11.4 Å². The van der Waals surface area contributed by atoms with E-state index in [1.54, 1.807) is 23.2 Å². The van der Waals surface area contributed by atoms with E-state index in [2.05, 4.69) is 30.6 Å². The molecule has 0 fully saturated rings. The summed E-state index contributed by atoms with van der Waals surface area (Å²) in [5, 5.41) is 8.75. The molecule has 0 aliphatic rings. The van der Waals surface area contributed by atoms with Crippen LogP contribution < -0.4 is 5.43 Å². The summed E-state index contributed by atoms with van der Waals surface area (Å²) in [5.41, 5.74) is 6.61. The molecule has 4 rings (SSSR count). The number of benzene rings is 1. The molecule has 1 N–H and O–H groups in total. The molecule has 0 bridgehead atoms. The zero-order valence-electron chi connectivity index (χ0n) is 14.7. The number of hydrazone groups is 1. The average molecular weight is 355 g/mol. The van der Waals surface area contributed by atoms with Crippen molar-refractivity contribution < 1.29 is 0 Å². The fraction of sp³-hybridized carbons (Fsp3) is 0.0500. The number of hydrogen-bond donors (Lipinski definition) is 1. The molecule has 0 spiro atoms. The van der Waals surface area contributed by atoms with E-state index < -0.39 is 0 Å². The Bertz CT molecular complexity index is 1060. The van der Waals surface area contributed by atoms with Gasteiger partial charge in [-0.3, -0.25) is 10.4 Å². The normalized spacial score (nSPS) is 11.0. The Labute approximate surface area is 156 Å². The predicted molar refractivity (Wildman–Crippen MR) is 105 cm³/mol. The number of anilines is 1. The van der Waals surface area contributed by atoms with E-state index in [-0.39, 0.29) is 0 Å². The van der Waals surface area contributed by atoms with E-state index in [4.69, 9.17) is 0 Å². The number of nitrogens with one attached hydrogen (secondary N) is 1. The van der Waals surface area contributed by atoms with Gasteiger partial charge in [0, 0.05) is 17.8 Å². The average Bonchev–Trinajstić information content (AvgIpc) is 3.12. The minimum Gasteiger partial charge on any atom is -0.261 e. The van der Waals surface area contributed by atoms with E-state index in [0.29, 0.717) is 11.6 Å². The zero-order chi connectivity index (χ0) is 18.5. The maximum atomic E-state index is 4.58. The molecule has 0 amide bonds. The van der Waals surface area contributed by atoms with Crippen LogP contribution in [0.3, 0.4) is 0 Å². The maximum Gasteiger partial charge on any atom is 0.159 e. The van der Waals surface area contributed by atoms with Crippen LogP contribution in [0.5, 0.6) is 0 Å². The summed E-state index contributed by atoms with van der Waals surface area (Å²) >= 11 is 0. The minimum atomic E-state index is 0.569. The molecule has 0 aliphatic carbocycles. The van der Waals surface area contributed by atoms with Gasteiger partial charge in [0.05, 0.1) is 23.3 Å². The molecule has 7 heteroatoms. The lowest BCUT2D eigenvalue weighted by atomic mass is 10.1. The molecule has 0 saturated heterocycles. The monoisotopic (exact) mass is 355 g/mol. The molecule has 7 nitrogen and oxygen atoms in total. The lowest BCUT2D eigenvalue weighted by Gasteiger charge is -2.07. The second-order valence-corrected chi connectivity index (χ2v) is 5.83. The van der Waals surface area contributed by atoms with Gasteiger partial charge in [0.1, 0.15) is 6.33 Å². The Morgan fingerprint density at radius 2 is 1.81 bits per heavy atom. The largest absolute Gasteiger partial charge is 0.261 e. The maximum absolute atomic E-state index is 4.58. The molecule has 27 heavy (non-hydrogen) atoms. The molecule has 0 radical (unpaired) electrons. The van der Waals surface area contributed by atoms with Crippen LogP contribution in [0.2, 0.25) is 0 Å². The Morgan fingerprint density at radius 3 is 2.63 bits per heavy atom. The first-order valence-electron chi connectivity index (χ1n) is 8.44. The summed E-state index contributed by atoms with van der Waals surface area (Å²) in [6, 6.07) is 19.6. The summed E-state index contributed by atoms with van der Waals surface area (Å²) in [5.74, 6) is 1.23. The highest BCUT2D eigenvalue weighted by atomic mass is 15.3. The van der Waals surface area contributed by atoms with Crippen LogP contribution in [0.25, 0.3) is 17.1 Å². The van der Waals surface area contributed by atoms with Crippen molar-refractivity contribution in [3.63, 3.8) is 0 Å². The van der Waals surface area contributed by atoms with Gasteiger partial charge in [-0.25, -0.2) is 14.6 Å². The zero-order valence-corrected chi connectivity index (χ0v) is 14.7. The first-order valence-corrected chi connectivity index (χ1v) is 8.44. The van der Waals surface area contributed by atoms with Crippen LogP contribution in [-0.2, 0) is 0 Å². The van der Waals surface area contributed by atoms with Gasteiger partial charge in [0.15, 0.2) is 11.6 Å². The molecule has 3 heterocycles. The van der Waals surface area contributed by atoms with Crippen LogP contribution in [0.15, 0.2) is 78.3 Å². The topological polar surface area (TPSA) is 80.9 Å². The third-order valence-electron chi connectivity index (χ3n) is 3.83. The van der Waals surface area contributed by atoms with Gasteiger partial charge >= 0.3 is 0 Å². The van der Waals surface area contributed by atoms with Crippen molar-refractivity contribution in [1.82, 2.24) is 24.7 Å². The van der Waals surface area contributed by atoms with Crippen molar-refractivity contribution in [2.75, 3.05) is 5.43 Å². The standard InChI is InChI=1S/C20H17N7/c1-15-11-18(16-7-3-2-4-8-16)27(26-15)20-12-19(22-14-23-20)25-24-13-17-9-5-6-10-21-17/h2-14H,1H3,(H,22,23,25)/b24-13+. The van der Waals surface area contributed by atoms with Crippen LogP contribution >= 0.6 is 0 Å². The first-order chi connectivity index (χ1) is 13.3. The third kappa shape index (κ3) is 3.87. The summed E-state index contributed by atoms with van der Waals surface area (Å²) in [6.45, 7) is 1.96. The van der Waals surface area contributed by atoms with E-state index in [9.17, 15) is 0 Å². The second kappa shape index (κ2) is 7.57. The molecular weight excluding hydrogens is 338 g/mol. The molecule has 4 aromatic rings. The molecular formula is C20H17N7. The van der Waals surface area contributed by atoms with Gasteiger partial charge in [-0.1, -0.05) is 36.4 Å². The molecule has 0 aliphatic heterocycles. The van der Waals surface area contributed by atoms with Gasteiger partial charge < -0.3 is 0 Å². The highest BCUT2D eigenvalue weighted by molar-refractivity contribution is 5.77. The van der Waals surface area contributed by atoms with Crippen molar-refractivity contribution in [3.8, 4) is 17.1 Å². The van der Waals surface area contributed by atoms with Crippen molar-refractivity contribution in [1.29, 1.82) is 0 Å². The molecule has 0 atom stereocenters. The van der Waals surface area contributed by atoms with Crippen molar-refractivity contribution in [2.45, 2.75) is 6.92 Å². The number of hydrogen-bond acceptors (Lipinski definition) is 6. The van der Waals surface area contributed by atoms with Crippen molar-refractivity contribution in [2.24, 2.45) is 5.10 Å². The number of nitrogens with zero attached hydrogens (tertiary/aromatic N) is 6. The minimum absolute atomic E-state index is 0.569. The van der Waals surface area contributed by atoms with Gasteiger partial charge in [0.2, 0.25) is 0 Å². The Kier molecular flexibility index (Phi) is 4.65. The third-order valence-corrected chi connectivity index (χ3v) is 3.83. The molecule has 0 unspecified atom stereocenters. The quantitative estimate of drug-likeness (QED) is 0.438. The highest BCUT2D eigenvalue weighted by Crippen LogP contribution is 2.23. The Hall–Kier alpha value is -3.87. The van der Waals surface area contributed by atoms with E-state index in [1.807, 2.05) is 61.5 Å². The molecule has 0 saturated carbocycles. The summed E-state index contributed by atoms with van der Waals surface area (Å²) in [4.78, 5) is 12.8. The lowest BCUT2D eigenvalue weighted by Crippen LogP contribution is -2.04. The molecule has 132 valence electrons. The van der Waals surface area contributed by atoms with Gasteiger partial charge in [-0.2, -0.15) is 10.2 Å². The summed E-state index contributed by atoms with van der Waals surface area (Å²) in [6.07, 6.45) is 4.84. The Morgan fingerprint density at radius 1 is 0.963 bits per heavy atom. The number of pyridine rings is 1. The van der Waals surface area contributed by atoms with Crippen molar-refractivity contribution in [3.05, 3.63) is 84.6 Å². The van der Waals surface area contributed by atoms with Crippen LogP contribution in [0, 0.1) is 6.92 Å². The smallest absolute Gasteiger partial charge is 0.159 e. The fourth-order valence-electron chi connectivity index (χ4n) is 2.63. The van der Waals surface area contributed by atoms with Crippen LogP contribution in [0.4, 0.5) is 5.82 Å². The predicted octanol–water partition coefficient (Wildman–Crippen LogP) is 3.48. The van der Waals surface area contributed by atoms with Gasteiger partial charge in [-0.15, -0.1) is 0 Å². The number of aromatic nitrogens is 5. The first kappa shape index (κ1) is 16.6. The SMILES string of the molecule is Cc1cc(-c2ccccc2)n(-c2cc(N/N=C/c3ccccn3)ncn2)n1. The van der Waals surface area contributed by atoms with E-state index in [0.717, 1.165) is 22.6 Å². The van der Waals surface area contributed by atoms with Gasteiger partial charge in [0.25, 0.3) is 0 Å². The summed E-state index contributed by atoms with van der Waals surface area (Å²) < 4.78 is 1.81. The summed E-state index contributed by atoms with van der Waals surface area (Å²) in [7, 11) is 0. The number of rotatable bonds is 5. The fourth-order valence-corrected chi connectivity index (χ4v) is 2.63. The van der Waals surface area contributed by atoms with E-state index in [1.165, 1.54) is 6.33 Å². The van der Waals surface area contributed by atoms with Crippen molar-refractivity contribution >= 4 is 12.0 Å². The molecule has 1 aromatic carbocycles.